The number of carboxylic acids is 1. The zero-order valence-electron chi connectivity index (χ0n) is 11.3. The van der Waals surface area contributed by atoms with Crippen molar-refractivity contribution in [1.29, 1.82) is 0 Å². The summed E-state index contributed by atoms with van der Waals surface area (Å²) < 4.78 is 1.09. The van der Waals surface area contributed by atoms with Gasteiger partial charge in [0.2, 0.25) is 5.91 Å². The fourth-order valence-electron chi connectivity index (χ4n) is 2.20. The molecule has 1 aromatic rings. The lowest BCUT2D eigenvalue weighted by Gasteiger charge is -2.16. The lowest BCUT2D eigenvalue weighted by Crippen LogP contribution is -2.42. The second kappa shape index (κ2) is 5.85. The number of amides is 1. The molecule has 108 valence electrons. The Kier molecular flexibility index (Phi) is 4.16. The molecule has 2 N–H and O–H groups in total. The molecule has 0 saturated heterocycles. The minimum atomic E-state index is -1.12. The number of rotatable bonds is 4. The summed E-state index contributed by atoms with van der Waals surface area (Å²) in [5.74, 6) is -1.66. The van der Waals surface area contributed by atoms with Gasteiger partial charge in [0.25, 0.3) is 5.56 Å². The minimum Gasteiger partial charge on any atom is -0.480 e. The third-order valence-corrected chi connectivity index (χ3v) is 3.32. The van der Waals surface area contributed by atoms with Crippen molar-refractivity contribution in [2.24, 2.45) is 0 Å². The van der Waals surface area contributed by atoms with Crippen LogP contribution in [0, 0.1) is 0 Å². The second-order valence-corrected chi connectivity index (χ2v) is 4.95. The lowest BCUT2D eigenvalue weighted by atomic mass is 9.97. The Bertz CT molecular complexity index is 594. The van der Waals surface area contributed by atoms with Crippen molar-refractivity contribution in [3.05, 3.63) is 27.7 Å². The first-order chi connectivity index (χ1) is 9.47. The van der Waals surface area contributed by atoms with Crippen LogP contribution in [0.1, 0.15) is 31.0 Å². The number of aryl methyl sites for hydroxylation is 2. The van der Waals surface area contributed by atoms with E-state index in [0.29, 0.717) is 0 Å². The van der Waals surface area contributed by atoms with Gasteiger partial charge in [-0.1, -0.05) is 0 Å². The molecule has 0 spiro atoms. The van der Waals surface area contributed by atoms with E-state index in [4.69, 9.17) is 5.11 Å². The van der Waals surface area contributed by atoms with Gasteiger partial charge in [-0.05, 0) is 38.2 Å². The van der Waals surface area contributed by atoms with Crippen molar-refractivity contribution in [3.8, 4) is 0 Å². The Morgan fingerprint density at radius 2 is 2.15 bits per heavy atom. The molecule has 7 nitrogen and oxygen atoms in total. The molecule has 0 fully saturated rings. The number of carbonyl (C=O) groups is 2. The Morgan fingerprint density at radius 1 is 1.45 bits per heavy atom. The first-order valence-electron chi connectivity index (χ1n) is 6.59. The number of fused-ring (bicyclic) bond motifs is 1. The number of carboxylic acid groups (broad SMARTS) is 1. The van der Waals surface area contributed by atoms with E-state index >= 15 is 0 Å². The number of hydrogen-bond acceptors (Lipinski definition) is 4. The van der Waals surface area contributed by atoms with Gasteiger partial charge in [-0.15, -0.1) is 0 Å². The zero-order chi connectivity index (χ0) is 14.7. The summed E-state index contributed by atoms with van der Waals surface area (Å²) in [5.41, 5.74) is 1.48. The maximum Gasteiger partial charge on any atom is 0.325 e. The summed E-state index contributed by atoms with van der Waals surface area (Å²) in [6.45, 7) is 1.10. The molecule has 0 bridgehead atoms. The zero-order valence-corrected chi connectivity index (χ0v) is 11.3. The third kappa shape index (κ3) is 3.23. The highest BCUT2D eigenvalue weighted by atomic mass is 16.4. The summed E-state index contributed by atoms with van der Waals surface area (Å²) in [7, 11) is 0. The molecule has 2 rings (SSSR count). The molecule has 0 aromatic carbocycles. The number of nitrogens with one attached hydrogen (secondary N) is 1. The van der Waals surface area contributed by atoms with Crippen LogP contribution < -0.4 is 10.9 Å². The first kappa shape index (κ1) is 14.2. The smallest absolute Gasteiger partial charge is 0.325 e. The fourth-order valence-corrected chi connectivity index (χ4v) is 2.20. The average molecular weight is 279 g/mol. The predicted octanol–water partition coefficient (Wildman–Crippen LogP) is -0.289. The molecule has 1 aliphatic carbocycles. The lowest BCUT2D eigenvalue weighted by molar-refractivity contribution is -0.141. The van der Waals surface area contributed by atoms with E-state index in [1.165, 1.54) is 13.0 Å². The molecule has 7 heteroatoms. The molecule has 0 unspecified atom stereocenters. The van der Waals surface area contributed by atoms with Crippen LogP contribution in [0.15, 0.2) is 10.9 Å². The van der Waals surface area contributed by atoms with Gasteiger partial charge in [0, 0.05) is 6.07 Å². The molecule has 0 radical (unpaired) electrons. The third-order valence-electron chi connectivity index (χ3n) is 3.32. The Morgan fingerprint density at radius 3 is 2.85 bits per heavy atom. The van der Waals surface area contributed by atoms with E-state index < -0.39 is 17.9 Å². The second-order valence-electron chi connectivity index (χ2n) is 4.95. The fraction of sp³-hybridized carbons (Fsp3) is 0.538. The molecular formula is C13H17N3O4. The van der Waals surface area contributed by atoms with Crippen molar-refractivity contribution in [3.63, 3.8) is 0 Å². The highest BCUT2D eigenvalue weighted by molar-refractivity contribution is 5.82. The van der Waals surface area contributed by atoms with Gasteiger partial charge in [-0.3, -0.25) is 14.4 Å². The van der Waals surface area contributed by atoms with Crippen molar-refractivity contribution in [2.75, 3.05) is 0 Å². The van der Waals surface area contributed by atoms with Crippen LogP contribution in [0.3, 0.4) is 0 Å². The minimum absolute atomic E-state index is 0.260. The highest BCUT2D eigenvalue weighted by Gasteiger charge is 2.17. The van der Waals surface area contributed by atoms with Crippen molar-refractivity contribution in [1.82, 2.24) is 15.1 Å². The maximum absolute atomic E-state index is 11.9. The van der Waals surface area contributed by atoms with Gasteiger partial charge < -0.3 is 10.4 Å². The summed E-state index contributed by atoms with van der Waals surface area (Å²) in [6, 6.07) is 0.533. The Labute approximate surface area is 115 Å². The van der Waals surface area contributed by atoms with Crippen LogP contribution in [-0.4, -0.2) is 32.8 Å². The molecule has 1 atom stereocenters. The first-order valence-corrected chi connectivity index (χ1v) is 6.59. The maximum atomic E-state index is 11.9. The van der Waals surface area contributed by atoms with Crippen LogP contribution in [0.25, 0.3) is 0 Å². The van der Waals surface area contributed by atoms with E-state index in [9.17, 15) is 14.4 Å². The van der Waals surface area contributed by atoms with Gasteiger partial charge in [0.05, 0.1) is 5.69 Å². The Hall–Kier alpha value is -2.18. The average Bonchev–Trinajstić information content (AvgIpc) is 2.39. The van der Waals surface area contributed by atoms with Gasteiger partial charge >= 0.3 is 5.97 Å². The van der Waals surface area contributed by atoms with E-state index in [0.717, 1.165) is 41.6 Å². The van der Waals surface area contributed by atoms with E-state index in [2.05, 4.69) is 10.4 Å². The molecule has 1 amide bonds. The number of aromatic nitrogens is 2. The quantitative estimate of drug-likeness (QED) is 0.788. The highest BCUT2D eigenvalue weighted by Crippen LogP contribution is 2.16. The normalized spacial score (nSPS) is 15.2. The van der Waals surface area contributed by atoms with Crippen LogP contribution in [0.2, 0.25) is 0 Å². The standard InChI is InChI=1S/C13H17N3O4/c1-8(13(19)20)14-11(17)7-16-12(18)6-9-4-2-3-5-10(9)15-16/h6,8H,2-5,7H2,1H3,(H,14,17)(H,19,20)/t8-/m0/s1. The largest absolute Gasteiger partial charge is 0.480 e. The summed E-state index contributed by atoms with van der Waals surface area (Å²) in [6.07, 6.45) is 3.73. The molecule has 1 aliphatic rings. The predicted molar refractivity (Wildman–Crippen MR) is 70.4 cm³/mol. The molecule has 1 aromatic heterocycles. The number of hydrogen-bond donors (Lipinski definition) is 2. The van der Waals surface area contributed by atoms with Crippen LogP contribution in [0.5, 0.6) is 0 Å². The molecule has 20 heavy (non-hydrogen) atoms. The van der Waals surface area contributed by atoms with Gasteiger partial charge in [0.15, 0.2) is 0 Å². The van der Waals surface area contributed by atoms with Crippen LogP contribution in [-0.2, 0) is 29.0 Å². The molecule has 0 aliphatic heterocycles. The van der Waals surface area contributed by atoms with Gasteiger partial charge in [0.1, 0.15) is 12.6 Å². The van der Waals surface area contributed by atoms with Crippen LogP contribution >= 0.6 is 0 Å². The summed E-state index contributed by atoms with van der Waals surface area (Å²) >= 11 is 0. The van der Waals surface area contributed by atoms with Gasteiger partial charge in [-0.25, -0.2) is 4.68 Å². The van der Waals surface area contributed by atoms with Gasteiger partial charge in [-0.2, -0.15) is 5.10 Å². The van der Waals surface area contributed by atoms with Crippen molar-refractivity contribution >= 4 is 11.9 Å². The number of aliphatic carboxylic acids is 1. The van der Waals surface area contributed by atoms with Crippen molar-refractivity contribution in [2.45, 2.75) is 45.2 Å². The number of carbonyl (C=O) groups excluding carboxylic acids is 1. The summed E-state index contributed by atoms with van der Waals surface area (Å²) in [5, 5.41) is 15.2. The molecule has 0 saturated carbocycles. The molecular weight excluding hydrogens is 262 g/mol. The molecule has 1 heterocycles. The van der Waals surface area contributed by atoms with E-state index in [1.807, 2.05) is 0 Å². The Balaban J connectivity index is 2.11. The number of nitrogens with zero attached hydrogens (tertiary/aromatic N) is 2. The topological polar surface area (TPSA) is 101 Å². The van der Waals surface area contributed by atoms with Crippen LogP contribution in [0.4, 0.5) is 0 Å². The van der Waals surface area contributed by atoms with E-state index in [-0.39, 0.29) is 12.1 Å². The van der Waals surface area contributed by atoms with Crippen molar-refractivity contribution < 1.29 is 14.7 Å². The monoisotopic (exact) mass is 279 g/mol. The SMILES string of the molecule is C[C@H](NC(=O)Cn1nc2c(cc1=O)CCCC2)C(=O)O. The van der Waals surface area contributed by atoms with E-state index in [1.54, 1.807) is 0 Å². The summed E-state index contributed by atoms with van der Waals surface area (Å²) in [4.78, 5) is 34.2.